The van der Waals surface area contributed by atoms with Gasteiger partial charge in [-0.25, -0.2) is 12.4 Å². The molecule has 0 fully saturated rings. The zero-order valence-corrected chi connectivity index (χ0v) is 12.3. The minimum atomic E-state index is -3.85. The van der Waals surface area contributed by atoms with Crippen molar-refractivity contribution in [2.75, 3.05) is 0 Å². The van der Waals surface area contributed by atoms with Crippen LogP contribution in [0.25, 0.3) is 10.9 Å². The van der Waals surface area contributed by atoms with Crippen LogP contribution in [-0.4, -0.2) is 18.7 Å². The monoisotopic (exact) mass is 319 g/mol. The van der Waals surface area contributed by atoms with Crippen molar-refractivity contribution in [2.24, 2.45) is 0 Å². The van der Waals surface area contributed by atoms with E-state index < -0.39 is 10.0 Å². The maximum absolute atomic E-state index is 12.8. The Hall–Kier alpha value is -2.11. The summed E-state index contributed by atoms with van der Waals surface area (Å²) >= 11 is 5.78. The molecular weight excluding hydrogens is 310 g/mol. The van der Waals surface area contributed by atoms with Crippen LogP contribution in [0.1, 0.15) is 10.5 Å². The number of fused-ring (bicyclic) bond motifs is 1. The molecule has 1 aromatic heterocycles. The third-order valence-electron chi connectivity index (χ3n) is 3.17. The van der Waals surface area contributed by atoms with E-state index in [4.69, 9.17) is 11.6 Å². The van der Waals surface area contributed by atoms with Gasteiger partial charge in [-0.15, -0.1) is 0 Å². The largest absolute Gasteiger partial charge is 0.296 e. The van der Waals surface area contributed by atoms with Gasteiger partial charge in [-0.3, -0.25) is 4.79 Å². The molecule has 0 atom stereocenters. The second-order valence-electron chi connectivity index (χ2n) is 4.47. The summed E-state index contributed by atoms with van der Waals surface area (Å²) in [5.74, 6) is 0. The van der Waals surface area contributed by atoms with Crippen LogP contribution in [0.15, 0.2) is 59.5 Å². The number of aldehydes is 1. The van der Waals surface area contributed by atoms with Crippen molar-refractivity contribution in [3.63, 3.8) is 0 Å². The van der Waals surface area contributed by atoms with E-state index >= 15 is 0 Å². The van der Waals surface area contributed by atoms with Gasteiger partial charge < -0.3 is 0 Å². The summed E-state index contributed by atoms with van der Waals surface area (Å²) in [5.41, 5.74) is 0.556. The van der Waals surface area contributed by atoms with Crippen LogP contribution in [0, 0.1) is 0 Å². The molecule has 2 aromatic carbocycles. The predicted molar refractivity (Wildman–Crippen MR) is 81.4 cm³/mol. The van der Waals surface area contributed by atoms with Gasteiger partial charge in [-0.05, 0) is 36.4 Å². The van der Waals surface area contributed by atoms with Crippen LogP contribution in [-0.2, 0) is 10.0 Å². The first-order chi connectivity index (χ1) is 10.0. The highest BCUT2D eigenvalue weighted by Crippen LogP contribution is 2.25. The van der Waals surface area contributed by atoms with Crippen molar-refractivity contribution in [2.45, 2.75) is 4.90 Å². The summed E-state index contributed by atoms with van der Waals surface area (Å²) in [6.45, 7) is 0. The van der Waals surface area contributed by atoms with Gasteiger partial charge in [0.25, 0.3) is 10.0 Å². The van der Waals surface area contributed by atoms with Gasteiger partial charge in [0.1, 0.15) is 0 Å². The second kappa shape index (κ2) is 5.02. The van der Waals surface area contributed by atoms with Crippen molar-refractivity contribution in [3.8, 4) is 0 Å². The molecule has 0 N–H and O–H groups in total. The molecule has 0 bridgehead atoms. The fourth-order valence-corrected chi connectivity index (χ4v) is 3.83. The Morgan fingerprint density at radius 1 is 1.00 bits per heavy atom. The maximum atomic E-state index is 12.8. The van der Waals surface area contributed by atoms with Gasteiger partial charge in [0.05, 0.1) is 16.1 Å². The summed E-state index contributed by atoms with van der Waals surface area (Å²) in [6, 6.07) is 14.3. The standard InChI is InChI=1S/C15H10ClNO3S/c16-12-5-7-14(8-6-12)21(19,20)17-13(10-18)9-11-3-1-2-4-15(11)17/h1-10H. The Morgan fingerprint density at radius 3 is 2.33 bits per heavy atom. The number of aromatic nitrogens is 1. The number of para-hydroxylation sites is 1. The normalized spacial score (nSPS) is 11.7. The van der Waals surface area contributed by atoms with E-state index in [9.17, 15) is 13.2 Å². The molecule has 3 rings (SSSR count). The lowest BCUT2D eigenvalue weighted by Gasteiger charge is -2.09. The number of benzene rings is 2. The van der Waals surface area contributed by atoms with Crippen molar-refractivity contribution < 1.29 is 13.2 Å². The van der Waals surface area contributed by atoms with Gasteiger partial charge in [0.2, 0.25) is 0 Å². The molecule has 106 valence electrons. The molecule has 0 aliphatic carbocycles. The van der Waals surface area contributed by atoms with E-state index in [1.807, 2.05) is 0 Å². The van der Waals surface area contributed by atoms with E-state index in [-0.39, 0.29) is 10.6 Å². The summed E-state index contributed by atoms with van der Waals surface area (Å²) in [4.78, 5) is 11.3. The molecule has 0 aliphatic heterocycles. The lowest BCUT2D eigenvalue weighted by molar-refractivity contribution is 0.111. The molecule has 0 spiro atoms. The minimum absolute atomic E-state index is 0.0800. The molecule has 0 saturated heterocycles. The molecule has 6 heteroatoms. The number of rotatable bonds is 3. The Balaban J connectivity index is 2.32. The zero-order chi connectivity index (χ0) is 15.0. The van der Waals surface area contributed by atoms with E-state index in [0.29, 0.717) is 22.2 Å². The first-order valence-corrected chi connectivity index (χ1v) is 7.92. The Kier molecular flexibility index (Phi) is 3.31. The Labute approximate surface area is 126 Å². The first kappa shape index (κ1) is 13.9. The Morgan fingerprint density at radius 2 is 1.67 bits per heavy atom. The number of carbonyl (C=O) groups is 1. The molecule has 0 unspecified atom stereocenters. The maximum Gasteiger partial charge on any atom is 0.268 e. The summed E-state index contributed by atoms with van der Waals surface area (Å²) in [6.07, 6.45) is 0.535. The van der Waals surface area contributed by atoms with Crippen LogP contribution in [0.4, 0.5) is 0 Å². The van der Waals surface area contributed by atoms with Gasteiger partial charge in [-0.2, -0.15) is 0 Å². The van der Waals surface area contributed by atoms with Crippen molar-refractivity contribution in [3.05, 3.63) is 65.3 Å². The fourth-order valence-electron chi connectivity index (χ4n) is 2.21. The van der Waals surface area contributed by atoms with E-state index in [2.05, 4.69) is 0 Å². The average molecular weight is 320 g/mol. The average Bonchev–Trinajstić information content (AvgIpc) is 2.87. The molecule has 4 nitrogen and oxygen atoms in total. The molecule has 1 heterocycles. The van der Waals surface area contributed by atoms with E-state index in [1.165, 1.54) is 24.3 Å². The van der Waals surface area contributed by atoms with Crippen LogP contribution in [0.2, 0.25) is 5.02 Å². The molecule has 0 amide bonds. The highest BCUT2D eigenvalue weighted by molar-refractivity contribution is 7.90. The summed E-state index contributed by atoms with van der Waals surface area (Å²) < 4.78 is 26.6. The number of halogens is 1. The lowest BCUT2D eigenvalue weighted by atomic mass is 10.2. The highest BCUT2D eigenvalue weighted by atomic mass is 35.5. The van der Waals surface area contributed by atoms with Crippen LogP contribution in [0.5, 0.6) is 0 Å². The third-order valence-corrected chi connectivity index (χ3v) is 5.17. The molecule has 3 aromatic rings. The van der Waals surface area contributed by atoms with Crippen molar-refractivity contribution in [1.82, 2.24) is 3.97 Å². The second-order valence-corrected chi connectivity index (χ2v) is 6.69. The summed E-state index contributed by atoms with van der Waals surface area (Å²) in [5, 5.41) is 1.14. The zero-order valence-electron chi connectivity index (χ0n) is 10.7. The Bertz CT molecular complexity index is 927. The van der Waals surface area contributed by atoms with Crippen molar-refractivity contribution >= 4 is 38.8 Å². The number of nitrogens with zero attached hydrogens (tertiary/aromatic N) is 1. The first-order valence-electron chi connectivity index (χ1n) is 6.11. The number of hydrogen-bond donors (Lipinski definition) is 0. The highest BCUT2D eigenvalue weighted by Gasteiger charge is 2.22. The molecule has 21 heavy (non-hydrogen) atoms. The summed E-state index contributed by atoms with van der Waals surface area (Å²) in [7, 11) is -3.85. The molecule has 0 saturated carbocycles. The third kappa shape index (κ3) is 2.24. The van der Waals surface area contributed by atoms with E-state index in [0.717, 1.165) is 3.97 Å². The van der Waals surface area contributed by atoms with Crippen LogP contribution in [0.3, 0.4) is 0 Å². The predicted octanol–water partition coefficient (Wildman–Crippen LogP) is 3.34. The number of carbonyl (C=O) groups excluding carboxylic acids is 1. The van der Waals surface area contributed by atoms with Crippen LogP contribution >= 0.6 is 11.6 Å². The topological polar surface area (TPSA) is 56.1 Å². The smallest absolute Gasteiger partial charge is 0.268 e. The molecular formula is C15H10ClNO3S. The van der Waals surface area contributed by atoms with Crippen molar-refractivity contribution in [1.29, 1.82) is 0 Å². The lowest BCUT2D eigenvalue weighted by Crippen LogP contribution is -2.15. The minimum Gasteiger partial charge on any atom is -0.296 e. The van der Waals surface area contributed by atoms with E-state index in [1.54, 1.807) is 30.3 Å². The number of hydrogen-bond acceptors (Lipinski definition) is 3. The SMILES string of the molecule is O=Cc1cc2ccccc2n1S(=O)(=O)c1ccc(Cl)cc1. The molecule has 0 aliphatic rings. The van der Waals surface area contributed by atoms with Gasteiger partial charge >= 0.3 is 0 Å². The van der Waals surface area contributed by atoms with Gasteiger partial charge in [0, 0.05) is 10.4 Å². The molecule has 0 radical (unpaired) electrons. The fraction of sp³-hybridized carbons (Fsp3) is 0. The quantitative estimate of drug-likeness (QED) is 0.696. The van der Waals surface area contributed by atoms with Gasteiger partial charge in [0.15, 0.2) is 6.29 Å². The van der Waals surface area contributed by atoms with Gasteiger partial charge in [-0.1, -0.05) is 29.8 Å². The van der Waals surface area contributed by atoms with Crippen LogP contribution < -0.4 is 0 Å².